The normalized spacial score (nSPS) is 20.9. The van der Waals surface area contributed by atoms with Crippen molar-refractivity contribution in [1.29, 1.82) is 0 Å². The summed E-state index contributed by atoms with van der Waals surface area (Å²) in [5.41, 5.74) is 6.78. The maximum Gasteiger partial charge on any atom is 0.177 e. The monoisotopic (exact) mass is 322 g/mol. The van der Waals surface area contributed by atoms with Crippen LogP contribution in [0.1, 0.15) is 52.4 Å². The van der Waals surface area contributed by atoms with Gasteiger partial charge in [0.15, 0.2) is 16.6 Å². The lowest BCUT2D eigenvalue weighted by molar-refractivity contribution is 0.543. The van der Waals surface area contributed by atoms with Gasteiger partial charge in [0.2, 0.25) is 0 Å². The molecule has 2 aliphatic rings. The molecule has 1 nitrogen and oxygen atoms in total. The van der Waals surface area contributed by atoms with Crippen LogP contribution in [0, 0.1) is 0 Å². The third-order valence-corrected chi connectivity index (χ3v) is 12.1. The van der Waals surface area contributed by atoms with Crippen molar-refractivity contribution >= 4 is 16.6 Å². The topological polar surface area (TPSA) is 9.23 Å². The van der Waals surface area contributed by atoms with Crippen LogP contribution >= 0.6 is 0 Å². The Kier molecular flexibility index (Phi) is 5.38. The Bertz CT molecular complexity index is 416. The van der Waals surface area contributed by atoms with Crippen molar-refractivity contribution in [2.75, 3.05) is 0 Å². The van der Waals surface area contributed by atoms with Crippen LogP contribution in [-0.2, 0) is 4.12 Å². The summed E-state index contributed by atoms with van der Waals surface area (Å²) in [6.07, 6.45) is 8.06. The molecule has 0 unspecified atom stereocenters. The van der Waals surface area contributed by atoms with E-state index in [2.05, 4.69) is 40.0 Å². The predicted octanol–water partition coefficient (Wildman–Crippen LogP) is 6.41. The van der Waals surface area contributed by atoms with E-state index in [1.165, 1.54) is 50.6 Å². The summed E-state index contributed by atoms with van der Waals surface area (Å²) in [7, 11) is -3.12. The van der Waals surface area contributed by atoms with Gasteiger partial charge in [-0.15, -0.1) is 0 Å². The van der Waals surface area contributed by atoms with Crippen molar-refractivity contribution in [3.8, 4) is 0 Å². The van der Waals surface area contributed by atoms with Gasteiger partial charge in [-0.3, -0.25) is 0 Å². The van der Waals surface area contributed by atoms with Gasteiger partial charge in [-0.25, -0.2) is 0 Å². The van der Waals surface area contributed by atoms with Crippen LogP contribution in [0.3, 0.4) is 0 Å². The van der Waals surface area contributed by atoms with Crippen LogP contribution < -0.4 is 0 Å². The molecule has 21 heavy (non-hydrogen) atoms. The molecule has 0 radical (unpaired) electrons. The number of hydrogen-bond acceptors (Lipinski definition) is 1. The Labute approximate surface area is 134 Å². The zero-order valence-corrected chi connectivity index (χ0v) is 17.1. The molecule has 3 heteroatoms. The summed E-state index contributed by atoms with van der Waals surface area (Å²) >= 11 is 0. The summed E-state index contributed by atoms with van der Waals surface area (Å²) in [4.78, 5) is 0. The van der Waals surface area contributed by atoms with Gasteiger partial charge < -0.3 is 4.12 Å². The molecular formula is C18H34OSi2. The lowest BCUT2D eigenvalue weighted by atomic mass is 10.2. The molecule has 0 saturated carbocycles. The van der Waals surface area contributed by atoms with Crippen molar-refractivity contribution in [1.82, 2.24) is 0 Å². The Morgan fingerprint density at radius 3 is 1.38 bits per heavy atom. The molecule has 0 amide bonds. The Morgan fingerprint density at radius 2 is 1.10 bits per heavy atom. The maximum absolute atomic E-state index is 6.86. The van der Waals surface area contributed by atoms with Gasteiger partial charge in [0.05, 0.1) is 0 Å². The Balaban J connectivity index is 1.97. The molecule has 0 bridgehead atoms. The molecule has 2 rings (SSSR count). The standard InChI is InChI=1S/C18H34OSi2/c1-15-9-7-11-17(15)13-20(3,4)19-21(5,6)14-18-12-8-10-16(18)2/h7-14H2,1-6H3. The first-order chi connectivity index (χ1) is 9.69. The van der Waals surface area contributed by atoms with Crippen molar-refractivity contribution in [3.63, 3.8) is 0 Å². The minimum atomic E-state index is -1.56. The highest BCUT2D eigenvalue weighted by Crippen LogP contribution is 2.36. The molecule has 0 aromatic heterocycles. The van der Waals surface area contributed by atoms with Crippen LogP contribution in [-0.4, -0.2) is 16.6 Å². The molecule has 0 atom stereocenters. The van der Waals surface area contributed by atoms with Crippen LogP contribution in [0.25, 0.3) is 0 Å². The van der Waals surface area contributed by atoms with Crippen molar-refractivity contribution < 1.29 is 4.12 Å². The lowest BCUT2D eigenvalue weighted by Gasteiger charge is -2.35. The highest BCUT2D eigenvalue weighted by Gasteiger charge is 2.35. The number of rotatable bonds is 6. The predicted molar refractivity (Wildman–Crippen MR) is 98.8 cm³/mol. The second-order valence-electron chi connectivity index (χ2n) is 8.45. The molecule has 0 spiro atoms. The summed E-state index contributed by atoms with van der Waals surface area (Å²) in [6, 6.07) is 2.54. The smallest absolute Gasteiger partial charge is 0.177 e. The fourth-order valence-corrected chi connectivity index (χ4v) is 13.8. The molecule has 120 valence electrons. The molecule has 0 fully saturated rings. The van der Waals surface area contributed by atoms with Crippen LogP contribution in [0.5, 0.6) is 0 Å². The van der Waals surface area contributed by atoms with Crippen LogP contribution in [0.4, 0.5) is 0 Å². The first kappa shape index (κ1) is 17.2. The zero-order chi connectivity index (χ0) is 15.7. The van der Waals surface area contributed by atoms with Gasteiger partial charge in [-0.1, -0.05) is 22.3 Å². The summed E-state index contributed by atoms with van der Waals surface area (Å²) in [5, 5.41) is 0. The fourth-order valence-electron chi connectivity index (χ4n) is 4.24. The second kappa shape index (κ2) is 6.55. The quantitative estimate of drug-likeness (QED) is 0.405. The molecule has 0 heterocycles. The highest BCUT2D eigenvalue weighted by molar-refractivity contribution is 6.85. The molecular weight excluding hydrogens is 288 g/mol. The number of hydrogen-bond donors (Lipinski definition) is 0. The van der Waals surface area contributed by atoms with E-state index in [9.17, 15) is 0 Å². The van der Waals surface area contributed by atoms with E-state index in [4.69, 9.17) is 4.12 Å². The molecule has 0 saturated heterocycles. The van der Waals surface area contributed by atoms with E-state index >= 15 is 0 Å². The number of allylic oxidation sites excluding steroid dienone is 4. The van der Waals surface area contributed by atoms with Gasteiger partial charge in [-0.05, 0) is 90.6 Å². The fraction of sp³-hybridized carbons (Fsp3) is 0.778. The molecule has 0 N–H and O–H groups in total. The van der Waals surface area contributed by atoms with Gasteiger partial charge >= 0.3 is 0 Å². The maximum atomic E-state index is 6.86. The summed E-state index contributed by atoms with van der Waals surface area (Å²) < 4.78 is 6.86. The summed E-state index contributed by atoms with van der Waals surface area (Å²) in [5.74, 6) is 0. The van der Waals surface area contributed by atoms with E-state index in [0.717, 1.165) is 0 Å². The average molecular weight is 323 g/mol. The Morgan fingerprint density at radius 1 is 0.714 bits per heavy atom. The van der Waals surface area contributed by atoms with E-state index in [1.54, 1.807) is 22.3 Å². The third kappa shape index (κ3) is 4.93. The van der Waals surface area contributed by atoms with Gasteiger partial charge in [0, 0.05) is 0 Å². The Hall–Kier alpha value is -0.126. The van der Waals surface area contributed by atoms with E-state index in [-0.39, 0.29) is 0 Å². The van der Waals surface area contributed by atoms with Gasteiger partial charge in [-0.2, -0.15) is 0 Å². The van der Waals surface area contributed by atoms with E-state index < -0.39 is 16.6 Å². The molecule has 0 aromatic rings. The first-order valence-electron chi connectivity index (χ1n) is 8.74. The van der Waals surface area contributed by atoms with E-state index in [1.807, 2.05) is 0 Å². The first-order valence-corrected chi connectivity index (χ1v) is 15.0. The minimum absolute atomic E-state index is 1.27. The second-order valence-corrected chi connectivity index (χ2v) is 17.0. The van der Waals surface area contributed by atoms with Crippen molar-refractivity contribution in [2.24, 2.45) is 0 Å². The van der Waals surface area contributed by atoms with Crippen molar-refractivity contribution in [3.05, 3.63) is 22.3 Å². The van der Waals surface area contributed by atoms with Crippen LogP contribution in [0.15, 0.2) is 22.3 Å². The SMILES string of the molecule is CC1=C(C[Si](C)(C)O[Si](C)(C)CC2=C(C)CCC2)CCC1. The van der Waals surface area contributed by atoms with Gasteiger partial charge in [0.25, 0.3) is 0 Å². The minimum Gasteiger partial charge on any atom is -0.455 e. The highest BCUT2D eigenvalue weighted by atomic mass is 28.4. The summed E-state index contributed by atoms with van der Waals surface area (Å²) in [6.45, 7) is 14.4. The van der Waals surface area contributed by atoms with Crippen molar-refractivity contribution in [2.45, 2.75) is 90.6 Å². The average Bonchev–Trinajstić information content (AvgIpc) is 2.87. The van der Waals surface area contributed by atoms with Crippen LogP contribution in [0.2, 0.25) is 38.3 Å². The molecule has 0 aromatic carbocycles. The zero-order valence-electron chi connectivity index (χ0n) is 15.1. The van der Waals surface area contributed by atoms with Gasteiger partial charge in [0.1, 0.15) is 0 Å². The largest absolute Gasteiger partial charge is 0.455 e. The molecule has 0 aliphatic heterocycles. The lowest BCUT2D eigenvalue weighted by Crippen LogP contribution is -2.44. The third-order valence-electron chi connectivity index (χ3n) is 5.10. The molecule has 2 aliphatic carbocycles. The van der Waals surface area contributed by atoms with E-state index in [0.29, 0.717) is 0 Å².